The molecule has 2 saturated heterocycles. The molecule has 3 nitrogen and oxygen atoms in total. The number of hydrogen-bond acceptors (Lipinski definition) is 3. The van der Waals surface area contributed by atoms with E-state index in [1.807, 2.05) is 0 Å². The molecule has 3 heteroatoms. The van der Waals surface area contributed by atoms with E-state index in [9.17, 15) is 0 Å². The van der Waals surface area contributed by atoms with Crippen LogP contribution in [0.25, 0.3) is 0 Å². The Morgan fingerprint density at radius 3 is 2.08 bits per heavy atom. The summed E-state index contributed by atoms with van der Waals surface area (Å²) in [7, 11) is 0. The van der Waals surface area contributed by atoms with Gasteiger partial charge in [-0.3, -0.25) is 14.7 Å². The van der Waals surface area contributed by atoms with Crippen molar-refractivity contribution in [1.82, 2.24) is 14.7 Å². The van der Waals surface area contributed by atoms with Crippen molar-refractivity contribution in [2.75, 3.05) is 39.3 Å². The molecule has 1 aromatic carbocycles. The van der Waals surface area contributed by atoms with Crippen LogP contribution in [0.15, 0.2) is 30.3 Å². The first-order chi connectivity index (χ1) is 12.8. The van der Waals surface area contributed by atoms with Crippen LogP contribution < -0.4 is 0 Å². The Hall–Kier alpha value is -0.900. The molecule has 0 aromatic heterocycles. The molecule has 0 N–H and O–H groups in total. The third kappa shape index (κ3) is 4.68. The van der Waals surface area contributed by atoms with E-state index in [0.717, 1.165) is 24.5 Å². The highest BCUT2D eigenvalue weighted by molar-refractivity contribution is 5.14. The minimum atomic E-state index is 0.828. The van der Waals surface area contributed by atoms with E-state index in [0.29, 0.717) is 0 Å². The summed E-state index contributed by atoms with van der Waals surface area (Å²) in [5.41, 5.74) is 1.46. The first-order valence-electron chi connectivity index (χ1n) is 11.0. The first kappa shape index (κ1) is 18.5. The molecule has 2 heterocycles. The van der Waals surface area contributed by atoms with Crippen LogP contribution in [-0.4, -0.2) is 66.1 Å². The van der Waals surface area contributed by atoms with Crippen LogP contribution in [0.4, 0.5) is 0 Å². The lowest BCUT2D eigenvalue weighted by atomic mass is 9.86. The van der Waals surface area contributed by atoms with Crippen molar-refractivity contribution in [3.8, 4) is 0 Å². The summed E-state index contributed by atoms with van der Waals surface area (Å²) in [5.74, 6) is 0.945. The molecule has 1 saturated carbocycles. The van der Waals surface area contributed by atoms with E-state index >= 15 is 0 Å². The Morgan fingerprint density at radius 1 is 0.769 bits per heavy atom. The lowest BCUT2D eigenvalue weighted by Crippen LogP contribution is -2.55. The standard InChI is InChI=1S/C23H37N3/c1-20-6-5-9-23(18-20)26-16-14-25(15-17-26)22-10-12-24(13-11-22)19-21-7-3-2-4-8-21/h2-4,7-8,20,22-23H,5-6,9-19H2,1H3. The van der Waals surface area contributed by atoms with Crippen LogP contribution in [-0.2, 0) is 6.54 Å². The molecule has 4 rings (SSSR count). The number of piperidine rings is 1. The van der Waals surface area contributed by atoms with Crippen molar-refractivity contribution in [3.05, 3.63) is 35.9 Å². The maximum Gasteiger partial charge on any atom is 0.0233 e. The van der Waals surface area contributed by atoms with Crippen LogP contribution in [0.1, 0.15) is 51.0 Å². The van der Waals surface area contributed by atoms with E-state index in [2.05, 4.69) is 52.0 Å². The summed E-state index contributed by atoms with van der Waals surface area (Å²) in [6.07, 6.45) is 8.50. The maximum absolute atomic E-state index is 2.82. The third-order valence-electron chi connectivity index (χ3n) is 7.10. The van der Waals surface area contributed by atoms with Crippen LogP contribution in [0, 0.1) is 5.92 Å². The van der Waals surface area contributed by atoms with E-state index in [1.165, 1.54) is 83.4 Å². The van der Waals surface area contributed by atoms with Gasteiger partial charge in [-0.15, -0.1) is 0 Å². The molecule has 2 unspecified atom stereocenters. The van der Waals surface area contributed by atoms with Gasteiger partial charge in [-0.05, 0) is 50.3 Å². The zero-order valence-electron chi connectivity index (χ0n) is 16.7. The zero-order valence-corrected chi connectivity index (χ0v) is 16.7. The molecule has 0 radical (unpaired) electrons. The highest BCUT2D eigenvalue weighted by atomic mass is 15.3. The molecule has 0 amide bonds. The van der Waals surface area contributed by atoms with E-state index in [1.54, 1.807) is 0 Å². The molecular formula is C23H37N3. The van der Waals surface area contributed by atoms with Crippen LogP contribution >= 0.6 is 0 Å². The number of benzene rings is 1. The largest absolute Gasteiger partial charge is 0.299 e. The van der Waals surface area contributed by atoms with Gasteiger partial charge in [0.2, 0.25) is 0 Å². The van der Waals surface area contributed by atoms with Gasteiger partial charge in [-0.1, -0.05) is 50.1 Å². The van der Waals surface area contributed by atoms with Gasteiger partial charge in [0.25, 0.3) is 0 Å². The average molecular weight is 356 g/mol. The minimum absolute atomic E-state index is 0.828. The Morgan fingerprint density at radius 2 is 1.42 bits per heavy atom. The molecule has 144 valence electrons. The van der Waals surface area contributed by atoms with Crippen molar-refractivity contribution >= 4 is 0 Å². The highest BCUT2D eigenvalue weighted by Crippen LogP contribution is 2.28. The second-order valence-electron chi connectivity index (χ2n) is 8.99. The molecule has 1 aromatic rings. The van der Waals surface area contributed by atoms with E-state index in [4.69, 9.17) is 0 Å². The van der Waals surface area contributed by atoms with Crippen LogP contribution in [0.5, 0.6) is 0 Å². The summed E-state index contributed by atoms with van der Waals surface area (Å²) in [6.45, 7) is 11.3. The van der Waals surface area contributed by atoms with Gasteiger partial charge in [0.15, 0.2) is 0 Å². The predicted octanol–water partition coefficient (Wildman–Crippen LogP) is 3.85. The Bertz CT molecular complexity index is 530. The van der Waals surface area contributed by atoms with Gasteiger partial charge in [0.05, 0.1) is 0 Å². The second kappa shape index (κ2) is 8.86. The summed E-state index contributed by atoms with van der Waals surface area (Å²) in [4.78, 5) is 8.27. The minimum Gasteiger partial charge on any atom is -0.299 e. The van der Waals surface area contributed by atoms with Gasteiger partial charge >= 0.3 is 0 Å². The monoisotopic (exact) mass is 355 g/mol. The normalized spacial score (nSPS) is 30.5. The lowest BCUT2D eigenvalue weighted by Gasteiger charge is -2.46. The van der Waals surface area contributed by atoms with Crippen molar-refractivity contribution in [2.24, 2.45) is 5.92 Å². The Kier molecular flexibility index (Phi) is 6.29. The van der Waals surface area contributed by atoms with Gasteiger partial charge in [-0.2, -0.15) is 0 Å². The fourth-order valence-corrected chi connectivity index (χ4v) is 5.49. The Balaban J connectivity index is 1.20. The van der Waals surface area contributed by atoms with Crippen LogP contribution in [0.2, 0.25) is 0 Å². The molecule has 26 heavy (non-hydrogen) atoms. The number of piperazine rings is 1. The number of likely N-dealkylation sites (tertiary alicyclic amines) is 1. The first-order valence-corrected chi connectivity index (χ1v) is 11.0. The van der Waals surface area contributed by atoms with Crippen LogP contribution in [0.3, 0.4) is 0 Å². The third-order valence-corrected chi connectivity index (χ3v) is 7.10. The summed E-state index contributed by atoms with van der Waals surface area (Å²) >= 11 is 0. The van der Waals surface area contributed by atoms with Crippen molar-refractivity contribution in [1.29, 1.82) is 0 Å². The van der Waals surface area contributed by atoms with Gasteiger partial charge < -0.3 is 0 Å². The Labute approximate surface area is 160 Å². The van der Waals surface area contributed by atoms with Gasteiger partial charge in [-0.25, -0.2) is 0 Å². The lowest BCUT2D eigenvalue weighted by molar-refractivity contribution is 0.0290. The summed E-state index contributed by atoms with van der Waals surface area (Å²) in [6, 6.07) is 12.7. The molecule has 3 fully saturated rings. The molecule has 1 aliphatic carbocycles. The maximum atomic E-state index is 2.82. The SMILES string of the molecule is CC1CCCC(N2CCN(C3CCN(Cc4ccccc4)CC3)CC2)C1. The smallest absolute Gasteiger partial charge is 0.0233 e. The highest BCUT2D eigenvalue weighted by Gasteiger charge is 2.31. The molecule has 0 bridgehead atoms. The summed E-state index contributed by atoms with van der Waals surface area (Å²) in [5, 5.41) is 0. The van der Waals surface area contributed by atoms with Gasteiger partial charge in [0, 0.05) is 44.8 Å². The second-order valence-corrected chi connectivity index (χ2v) is 8.99. The molecule has 0 spiro atoms. The molecular weight excluding hydrogens is 318 g/mol. The van der Waals surface area contributed by atoms with E-state index < -0.39 is 0 Å². The quantitative estimate of drug-likeness (QED) is 0.812. The fourth-order valence-electron chi connectivity index (χ4n) is 5.49. The topological polar surface area (TPSA) is 9.72 Å². The average Bonchev–Trinajstić information content (AvgIpc) is 2.70. The fraction of sp³-hybridized carbons (Fsp3) is 0.739. The number of rotatable bonds is 4. The molecule has 2 aliphatic heterocycles. The van der Waals surface area contributed by atoms with E-state index in [-0.39, 0.29) is 0 Å². The number of hydrogen-bond donors (Lipinski definition) is 0. The van der Waals surface area contributed by atoms with Crippen molar-refractivity contribution in [3.63, 3.8) is 0 Å². The molecule has 3 aliphatic rings. The van der Waals surface area contributed by atoms with Crippen molar-refractivity contribution in [2.45, 2.75) is 64.1 Å². The zero-order chi connectivity index (χ0) is 17.8. The van der Waals surface area contributed by atoms with Crippen molar-refractivity contribution < 1.29 is 0 Å². The number of nitrogens with zero attached hydrogens (tertiary/aromatic N) is 3. The molecule has 2 atom stereocenters. The predicted molar refractivity (Wildman–Crippen MR) is 109 cm³/mol. The van der Waals surface area contributed by atoms with Gasteiger partial charge in [0.1, 0.15) is 0 Å². The summed E-state index contributed by atoms with van der Waals surface area (Å²) < 4.78 is 0.